The summed E-state index contributed by atoms with van der Waals surface area (Å²) in [6.45, 7) is 5.92. The van der Waals surface area contributed by atoms with Gasteiger partial charge in [0.25, 0.3) is 0 Å². The number of hydrogen-bond donors (Lipinski definition) is 2. The predicted molar refractivity (Wildman–Crippen MR) is 83.8 cm³/mol. The summed E-state index contributed by atoms with van der Waals surface area (Å²) in [5, 5.41) is 10.9. The zero-order valence-electron chi connectivity index (χ0n) is 13.5. The number of aliphatic hydroxyl groups excluding tert-OH is 1. The Morgan fingerprint density at radius 2 is 1.73 bits per heavy atom. The standard InChI is InChI=1S/C17H25NO4/c1-12(2)8-13(3)17(21)22-10-15-6-4-14(5-7-15)9-16(20)18-11-19/h4-7,12-13,19H,8-11H2,1-3H3,(H,18,20). The molecule has 0 fully saturated rings. The van der Waals surface area contributed by atoms with Gasteiger partial charge in [0, 0.05) is 0 Å². The fourth-order valence-corrected chi connectivity index (χ4v) is 2.19. The van der Waals surface area contributed by atoms with Crippen LogP contribution in [-0.4, -0.2) is 23.7 Å². The van der Waals surface area contributed by atoms with Crippen LogP contribution >= 0.6 is 0 Å². The lowest BCUT2D eigenvalue weighted by molar-refractivity contribution is -0.149. The molecule has 2 N–H and O–H groups in total. The van der Waals surface area contributed by atoms with Crippen LogP contribution in [0.25, 0.3) is 0 Å². The van der Waals surface area contributed by atoms with E-state index >= 15 is 0 Å². The van der Waals surface area contributed by atoms with E-state index in [0.717, 1.165) is 17.5 Å². The monoisotopic (exact) mass is 307 g/mol. The first-order valence-corrected chi connectivity index (χ1v) is 7.54. The smallest absolute Gasteiger partial charge is 0.308 e. The molecular formula is C17H25NO4. The molecule has 0 aliphatic carbocycles. The number of amides is 1. The summed E-state index contributed by atoms with van der Waals surface area (Å²) in [6.07, 6.45) is 1.03. The average Bonchev–Trinajstić information content (AvgIpc) is 2.45. The number of rotatable bonds is 8. The van der Waals surface area contributed by atoms with Crippen LogP contribution in [0.3, 0.4) is 0 Å². The van der Waals surface area contributed by atoms with Gasteiger partial charge in [0.15, 0.2) is 0 Å². The van der Waals surface area contributed by atoms with E-state index in [-0.39, 0.29) is 37.6 Å². The maximum Gasteiger partial charge on any atom is 0.308 e. The zero-order valence-corrected chi connectivity index (χ0v) is 13.5. The highest BCUT2D eigenvalue weighted by Crippen LogP contribution is 2.14. The molecule has 0 spiro atoms. The third kappa shape index (κ3) is 6.72. The first-order chi connectivity index (χ1) is 10.4. The van der Waals surface area contributed by atoms with Crippen LogP contribution in [0.1, 0.15) is 38.3 Å². The molecule has 1 aromatic rings. The van der Waals surface area contributed by atoms with E-state index in [2.05, 4.69) is 19.2 Å². The van der Waals surface area contributed by atoms with E-state index in [1.54, 1.807) is 0 Å². The van der Waals surface area contributed by atoms with E-state index in [0.29, 0.717) is 5.92 Å². The van der Waals surface area contributed by atoms with Crippen LogP contribution in [0.4, 0.5) is 0 Å². The first kappa shape index (κ1) is 18.2. The number of nitrogens with one attached hydrogen (secondary N) is 1. The third-order valence-electron chi connectivity index (χ3n) is 3.27. The van der Waals surface area contributed by atoms with E-state index in [1.807, 2.05) is 31.2 Å². The van der Waals surface area contributed by atoms with Gasteiger partial charge in [-0.15, -0.1) is 0 Å². The number of esters is 1. The number of carbonyl (C=O) groups excluding carboxylic acids is 2. The molecule has 0 aromatic heterocycles. The second-order valence-electron chi connectivity index (χ2n) is 5.89. The van der Waals surface area contributed by atoms with Crippen molar-refractivity contribution in [2.45, 2.75) is 40.2 Å². The Hall–Kier alpha value is -1.88. The van der Waals surface area contributed by atoms with Crippen LogP contribution in [0.2, 0.25) is 0 Å². The molecule has 0 saturated heterocycles. The minimum atomic E-state index is -0.360. The molecule has 1 rings (SSSR count). The van der Waals surface area contributed by atoms with Gasteiger partial charge in [-0.25, -0.2) is 0 Å². The molecule has 0 radical (unpaired) electrons. The Kier molecular flexibility index (Phi) is 7.60. The molecule has 0 saturated carbocycles. The molecule has 0 aliphatic rings. The lowest BCUT2D eigenvalue weighted by atomic mass is 9.99. The summed E-state index contributed by atoms with van der Waals surface area (Å²) in [7, 11) is 0. The van der Waals surface area contributed by atoms with E-state index in [9.17, 15) is 9.59 Å². The van der Waals surface area contributed by atoms with E-state index in [1.165, 1.54) is 0 Å². The molecule has 1 atom stereocenters. The van der Waals surface area contributed by atoms with E-state index < -0.39 is 0 Å². The predicted octanol–water partition coefficient (Wildman–Crippen LogP) is 2.02. The molecule has 0 heterocycles. The summed E-state index contributed by atoms with van der Waals surface area (Å²) < 4.78 is 5.30. The molecule has 1 aromatic carbocycles. The molecule has 1 unspecified atom stereocenters. The Bertz CT molecular complexity index is 482. The molecule has 22 heavy (non-hydrogen) atoms. The van der Waals surface area contributed by atoms with Crippen molar-refractivity contribution in [1.29, 1.82) is 0 Å². The summed E-state index contributed by atoms with van der Waals surface area (Å²) in [4.78, 5) is 23.2. The lowest BCUT2D eigenvalue weighted by Crippen LogP contribution is -2.25. The fraction of sp³-hybridized carbons (Fsp3) is 0.529. The van der Waals surface area contributed by atoms with Gasteiger partial charge in [0.1, 0.15) is 13.3 Å². The SMILES string of the molecule is CC(C)CC(C)C(=O)OCc1ccc(CC(=O)NCO)cc1. The van der Waals surface area contributed by atoms with Crippen molar-refractivity contribution >= 4 is 11.9 Å². The van der Waals surface area contributed by atoms with Crippen LogP contribution in [0.15, 0.2) is 24.3 Å². The van der Waals surface area contributed by atoms with Crippen molar-refractivity contribution in [1.82, 2.24) is 5.32 Å². The largest absolute Gasteiger partial charge is 0.461 e. The zero-order chi connectivity index (χ0) is 16.5. The van der Waals surface area contributed by atoms with Gasteiger partial charge in [-0.2, -0.15) is 0 Å². The number of carbonyl (C=O) groups is 2. The van der Waals surface area contributed by atoms with Crippen LogP contribution < -0.4 is 5.32 Å². The van der Waals surface area contributed by atoms with Gasteiger partial charge in [0.2, 0.25) is 5.91 Å². The van der Waals surface area contributed by atoms with Gasteiger partial charge in [-0.1, -0.05) is 45.0 Å². The molecule has 0 aliphatic heterocycles. The quantitative estimate of drug-likeness (QED) is 0.569. The lowest BCUT2D eigenvalue weighted by Gasteiger charge is -2.13. The summed E-state index contributed by atoms with van der Waals surface area (Å²) in [5.41, 5.74) is 1.73. The van der Waals surface area contributed by atoms with Crippen molar-refractivity contribution in [2.75, 3.05) is 6.73 Å². The summed E-state index contributed by atoms with van der Waals surface area (Å²) in [6, 6.07) is 7.30. The van der Waals surface area contributed by atoms with Crippen LogP contribution in [0.5, 0.6) is 0 Å². The van der Waals surface area contributed by atoms with Crippen molar-refractivity contribution in [2.24, 2.45) is 11.8 Å². The molecule has 5 nitrogen and oxygen atoms in total. The highest BCUT2D eigenvalue weighted by Gasteiger charge is 2.15. The third-order valence-corrected chi connectivity index (χ3v) is 3.27. The molecule has 5 heteroatoms. The molecular weight excluding hydrogens is 282 g/mol. The maximum absolute atomic E-state index is 11.8. The normalized spacial score (nSPS) is 12.0. The molecule has 122 valence electrons. The van der Waals surface area contributed by atoms with Crippen molar-refractivity contribution < 1.29 is 19.4 Å². The van der Waals surface area contributed by atoms with Gasteiger partial charge < -0.3 is 15.2 Å². The van der Waals surface area contributed by atoms with Crippen LogP contribution in [0, 0.1) is 11.8 Å². The maximum atomic E-state index is 11.8. The van der Waals surface area contributed by atoms with Crippen molar-refractivity contribution in [3.63, 3.8) is 0 Å². The van der Waals surface area contributed by atoms with Crippen molar-refractivity contribution in [3.05, 3.63) is 35.4 Å². The average molecular weight is 307 g/mol. The summed E-state index contributed by atoms with van der Waals surface area (Å²) in [5.74, 6) is -0.0439. The van der Waals surface area contributed by atoms with E-state index in [4.69, 9.17) is 9.84 Å². The Labute approximate surface area is 131 Å². The number of benzene rings is 1. The van der Waals surface area contributed by atoms with Gasteiger partial charge in [0.05, 0.1) is 12.3 Å². The van der Waals surface area contributed by atoms with Crippen molar-refractivity contribution in [3.8, 4) is 0 Å². The number of ether oxygens (including phenoxy) is 1. The van der Waals surface area contributed by atoms with Gasteiger partial charge >= 0.3 is 5.97 Å². The second kappa shape index (κ2) is 9.20. The Morgan fingerprint density at radius 3 is 2.27 bits per heavy atom. The fourth-order valence-electron chi connectivity index (χ4n) is 2.19. The molecule has 0 bridgehead atoms. The number of hydrogen-bond acceptors (Lipinski definition) is 4. The highest BCUT2D eigenvalue weighted by atomic mass is 16.5. The van der Waals surface area contributed by atoms with Gasteiger partial charge in [-0.05, 0) is 23.5 Å². The first-order valence-electron chi connectivity index (χ1n) is 7.54. The molecule has 1 amide bonds. The minimum Gasteiger partial charge on any atom is -0.461 e. The Balaban J connectivity index is 2.44. The van der Waals surface area contributed by atoms with Crippen LogP contribution in [-0.2, 0) is 27.4 Å². The number of aliphatic hydroxyl groups is 1. The highest BCUT2D eigenvalue weighted by molar-refractivity contribution is 5.78. The Morgan fingerprint density at radius 1 is 1.14 bits per heavy atom. The topological polar surface area (TPSA) is 75.6 Å². The second-order valence-corrected chi connectivity index (χ2v) is 5.89. The summed E-state index contributed by atoms with van der Waals surface area (Å²) >= 11 is 0. The van der Waals surface area contributed by atoms with Gasteiger partial charge in [-0.3, -0.25) is 9.59 Å². The minimum absolute atomic E-state index is 0.0959.